The van der Waals surface area contributed by atoms with Crippen molar-refractivity contribution in [2.24, 2.45) is 0 Å². The van der Waals surface area contributed by atoms with Crippen molar-refractivity contribution in [3.05, 3.63) is 29.8 Å². The van der Waals surface area contributed by atoms with Gasteiger partial charge in [0.05, 0.1) is 13.1 Å². The van der Waals surface area contributed by atoms with Crippen LogP contribution in [0.1, 0.15) is 33.3 Å². The zero-order chi connectivity index (χ0) is 20.3. The van der Waals surface area contributed by atoms with Crippen LogP contribution in [0.3, 0.4) is 0 Å². The maximum Gasteiger partial charge on any atom is 0.410 e. The Labute approximate surface area is 167 Å². The molecule has 3 rings (SSSR count). The van der Waals surface area contributed by atoms with Crippen LogP contribution in [0.2, 0.25) is 0 Å². The third-order valence-electron chi connectivity index (χ3n) is 4.95. The summed E-state index contributed by atoms with van der Waals surface area (Å²) < 4.78 is 11.3. The van der Waals surface area contributed by atoms with Crippen LogP contribution < -0.4 is 4.74 Å². The van der Waals surface area contributed by atoms with Crippen molar-refractivity contribution < 1.29 is 19.1 Å². The maximum atomic E-state index is 12.0. The molecule has 154 valence electrons. The summed E-state index contributed by atoms with van der Waals surface area (Å²) in [6.45, 7) is 12.6. The molecule has 2 aliphatic rings. The third-order valence-corrected chi connectivity index (χ3v) is 4.95. The van der Waals surface area contributed by atoms with E-state index in [9.17, 15) is 9.59 Å². The number of benzene rings is 1. The summed E-state index contributed by atoms with van der Waals surface area (Å²) in [6, 6.07) is 8.13. The summed E-state index contributed by atoms with van der Waals surface area (Å²) in [6.07, 6.45) is -0.273. The number of amides is 2. The number of carbonyl (C=O) groups excluding carboxylic acids is 2. The molecule has 0 aromatic heterocycles. The normalized spacial score (nSPS) is 18.6. The van der Waals surface area contributed by atoms with Crippen molar-refractivity contribution in [1.82, 2.24) is 14.7 Å². The fourth-order valence-corrected chi connectivity index (χ4v) is 3.33. The van der Waals surface area contributed by atoms with Gasteiger partial charge in [0.15, 0.2) is 0 Å². The van der Waals surface area contributed by atoms with Crippen molar-refractivity contribution in [3.8, 4) is 5.75 Å². The molecule has 2 saturated heterocycles. The van der Waals surface area contributed by atoms with Crippen LogP contribution in [-0.2, 0) is 16.1 Å². The number of hydrogen-bond acceptors (Lipinski definition) is 5. The fraction of sp³-hybridized carbons (Fsp3) is 0.619. The smallest absolute Gasteiger partial charge is 0.410 e. The Morgan fingerprint density at radius 3 is 2.14 bits per heavy atom. The lowest BCUT2D eigenvalue weighted by atomic mass is 10.1. The summed E-state index contributed by atoms with van der Waals surface area (Å²) in [4.78, 5) is 29.3. The number of carbonyl (C=O) groups is 2. The minimum atomic E-state index is -0.475. The first-order valence-electron chi connectivity index (χ1n) is 9.91. The molecule has 0 radical (unpaired) electrons. The standard InChI is InChI=1S/C21H31N3O4/c1-16(25)23-11-9-22(10-12-23)13-17-5-7-18(8-6-17)27-19-14-24(15-19)20(26)28-21(2,3)4/h5-8,19H,9-15H2,1-4H3. The van der Waals surface area contributed by atoms with Crippen LogP contribution in [0.15, 0.2) is 24.3 Å². The molecule has 7 nitrogen and oxygen atoms in total. The van der Waals surface area contributed by atoms with E-state index in [2.05, 4.69) is 17.0 Å². The maximum absolute atomic E-state index is 12.0. The highest BCUT2D eigenvalue weighted by Crippen LogP contribution is 2.21. The number of rotatable bonds is 4. The molecule has 0 saturated carbocycles. The van der Waals surface area contributed by atoms with E-state index in [1.807, 2.05) is 37.8 Å². The number of hydrogen-bond donors (Lipinski definition) is 0. The summed E-state index contributed by atoms with van der Waals surface area (Å²) in [5.41, 5.74) is 0.755. The van der Waals surface area contributed by atoms with E-state index in [-0.39, 0.29) is 18.1 Å². The summed E-state index contributed by atoms with van der Waals surface area (Å²) in [5.74, 6) is 0.973. The van der Waals surface area contributed by atoms with Gasteiger partial charge in [-0.15, -0.1) is 0 Å². The van der Waals surface area contributed by atoms with Crippen LogP contribution in [0, 0.1) is 0 Å². The molecule has 28 heavy (non-hydrogen) atoms. The first-order valence-corrected chi connectivity index (χ1v) is 9.91. The van der Waals surface area contributed by atoms with Crippen molar-refractivity contribution in [2.75, 3.05) is 39.3 Å². The molecule has 1 aromatic carbocycles. The van der Waals surface area contributed by atoms with Gasteiger partial charge < -0.3 is 19.3 Å². The van der Waals surface area contributed by atoms with Crippen LogP contribution in [0.5, 0.6) is 5.75 Å². The molecule has 0 unspecified atom stereocenters. The van der Waals surface area contributed by atoms with Gasteiger partial charge in [0, 0.05) is 39.6 Å². The Hall–Kier alpha value is -2.28. The molecule has 0 bridgehead atoms. The van der Waals surface area contributed by atoms with Gasteiger partial charge in [-0.2, -0.15) is 0 Å². The second-order valence-corrected chi connectivity index (χ2v) is 8.55. The average Bonchev–Trinajstić information content (AvgIpc) is 2.58. The zero-order valence-electron chi connectivity index (χ0n) is 17.3. The number of piperazine rings is 1. The first-order chi connectivity index (χ1) is 13.2. The molecule has 2 fully saturated rings. The monoisotopic (exact) mass is 389 g/mol. The first kappa shape index (κ1) is 20.5. The van der Waals surface area contributed by atoms with Gasteiger partial charge in [0.25, 0.3) is 0 Å². The molecular weight excluding hydrogens is 358 g/mol. The molecular formula is C21H31N3O4. The Bertz CT molecular complexity index is 685. The average molecular weight is 389 g/mol. The minimum Gasteiger partial charge on any atom is -0.487 e. The van der Waals surface area contributed by atoms with E-state index in [0.717, 1.165) is 38.5 Å². The van der Waals surface area contributed by atoms with Gasteiger partial charge in [-0.25, -0.2) is 4.79 Å². The van der Waals surface area contributed by atoms with Crippen LogP contribution in [0.25, 0.3) is 0 Å². The van der Waals surface area contributed by atoms with Crippen molar-refractivity contribution >= 4 is 12.0 Å². The Morgan fingerprint density at radius 2 is 1.61 bits per heavy atom. The van der Waals surface area contributed by atoms with Crippen molar-refractivity contribution in [1.29, 1.82) is 0 Å². The SMILES string of the molecule is CC(=O)N1CCN(Cc2ccc(OC3CN(C(=O)OC(C)(C)C)C3)cc2)CC1. The minimum absolute atomic E-state index is 0.0121. The molecule has 0 spiro atoms. The van der Waals surface area contributed by atoms with E-state index in [1.165, 1.54) is 5.56 Å². The molecule has 1 aromatic rings. The Morgan fingerprint density at radius 1 is 1.00 bits per heavy atom. The van der Waals surface area contributed by atoms with Gasteiger partial charge >= 0.3 is 6.09 Å². The molecule has 2 aliphatic heterocycles. The molecule has 2 heterocycles. The highest BCUT2D eigenvalue weighted by atomic mass is 16.6. The van der Waals surface area contributed by atoms with Crippen molar-refractivity contribution in [2.45, 2.75) is 45.9 Å². The van der Waals surface area contributed by atoms with E-state index in [4.69, 9.17) is 9.47 Å². The second-order valence-electron chi connectivity index (χ2n) is 8.55. The topological polar surface area (TPSA) is 62.3 Å². The highest BCUT2D eigenvalue weighted by molar-refractivity contribution is 5.73. The molecule has 0 N–H and O–H groups in total. The second kappa shape index (κ2) is 8.39. The van der Waals surface area contributed by atoms with Gasteiger partial charge in [0.1, 0.15) is 17.5 Å². The van der Waals surface area contributed by atoms with Crippen LogP contribution in [-0.4, -0.2) is 77.7 Å². The van der Waals surface area contributed by atoms with E-state index >= 15 is 0 Å². The summed E-state index contributed by atoms with van der Waals surface area (Å²) in [7, 11) is 0. The summed E-state index contributed by atoms with van der Waals surface area (Å²) >= 11 is 0. The lowest BCUT2D eigenvalue weighted by molar-refractivity contribution is -0.130. The Kier molecular flexibility index (Phi) is 6.13. The van der Waals surface area contributed by atoms with Crippen LogP contribution >= 0.6 is 0 Å². The largest absolute Gasteiger partial charge is 0.487 e. The Balaban J connectivity index is 1.40. The third kappa shape index (κ3) is 5.61. The number of likely N-dealkylation sites (tertiary alicyclic amines) is 1. The van der Waals surface area contributed by atoms with Gasteiger partial charge in [-0.3, -0.25) is 9.69 Å². The van der Waals surface area contributed by atoms with E-state index in [1.54, 1.807) is 11.8 Å². The molecule has 0 aliphatic carbocycles. The number of nitrogens with zero attached hydrogens (tertiary/aromatic N) is 3. The van der Waals surface area contributed by atoms with Gasteiger partial charge in [0.2, 0.25) is 5.91 Å². The van der Waals surface area contributed by atoms with Gasteiger partial charge in [-0.1, -0.05) is 12.1 Å². The quantitative estimate of drug-likeness (QED) is 0.791. The van der Waals surface area contributed by atoms with Gasteiger partial charge in [-0.05, 0) is 38.5 Å². The van der Waals surface area contributed by atoms with Crippen LogP contribution in [0.4, 0.5) is 4.79 Å². The predicted molar refractivity (Wildman–Crippen MR) is 106 cm³/mol. The predicted octanol–water partition coefficient (Wildman–Crippen LogP) is 2.35. The molecule has 0 atom stereocenters. The van der Waals surface area contributed by atoms with E-state index < -0.39 is 5.60 Å². The fourth-order valence-electron chi connectivity index (χ4n) is 3.33. The molecule has 2 amide bonds. The lowest BCUT2D eigenvalue weighted by Crippen LogP contribution is -2.57. The molecule has 7 heteroatoms. The number of ether oxygens (including phenoxy) is 2. The van der Waals surface area contributed by atoms with Crippen molar-refractivity contribution in [3.63, 3.8) is 0 Å². The lowest BCUT2D eigenvalue weighted by Gasteiger charge is -2.39. The van der Waals surface area contributed by atoms with E-state index in [0.29, 0.717) is 13.1 Å². The summed E-state index contributed by atoms with van der Waals surface area (Å²) in [5, 5.41) is 0. The zero-order valence-corrected chi connectivity index (χ0v) is 17.3. The highest BCUT2D eigenvalue weighted by Gasteiger charge is 2.35.